The molecule has 9 heavy (non-hydrogen) atoms. The normalized spacial score (nSPS) is 27.2. The van der Waals surface area contributed by atoms with Gasteiger partial charge in [-0.2, -0.15) is 0 Å². The fourth-order valence-corrected chi connectivity index (χ4v) is 3.15. The quantitative estimate of drug-likeness (QED) is 0.456. The van der Waals surface area contributed by atoms with Crippen LogP contribution in [0, 0.1) is 0 Å². The summed E-state index contributed by atoms with van der Waals surface area (Å²) in [6, 6.07) is 0. The first kappa shape index (κ1) is 7.28. The van der Waals surface area contributed by atoms with Crippen molar-refractivity contribution in [3.63, 3.8) is 0 Å². The van der Waals surface area contributed by atoms with Crippen LogP contribution in [-0.4, -0.2) is 11.3 Å². The van der Waals surface area contributed by atoms with Gasteiger partial charge in [-0.25, -0.2) is 0 Å². The van der Waals surface area contributed by atoms with Gasteiger partial charge in [0, 0.05) is 0 Å². The van der Waals surface area contributed by atoms with Gasteiger partial charge in [0.1, 0.15) is 0 Å². The molecule has 0 saturated heterocycles. The summed E-state index contributed by atoms with van der Waals surface area (Å²) in [4.78, 5) is 0. The van der Waals surface area contributed by atoms with E-state index in [1.54, 1.807) is 0 Å². The van der Waals surface area contributed by atoms with Gasteiger partial charge >= 0.3 is 0 Å². The molecule has 1 aliphatic heterocycles. The summed E-state index contributed by atoms with van der Waals surface area (Å²) in [5, 5.41) is 0.558. The molecule has 0 fully saturated rings. The van der Waals surface area contributed by atoms with E-state index in [-0.39, 0.29) is 7.92 Å². The summed E-state index contributed by atoms with van der Waals surface area (Å²) in [7, 11) is 0.233. The molecule has 0 aromatic heterocycles. The van der Waals surface area contributed by atoms with Crippen LogP contribution in [0.4, 0.5) is 0 Å². The Morgan fingerprint density at radius 3 is 2.22 bits per heavy atom. The van der Waals surface area contributed by atoms with Crippen molar-refractivity contribution in [1.82, 2.24) is 0 Å². The molecule has 0 radical (unpaired) electrons. The van der Waals surface area contributed by atoms with Crippen LogP contribution in [0.1, 0.15) is 27.2 Å². The molecule has 1 aliphatic rings. The van der Waals surface area contributed by atoms with Gasteiger partial charge in [0.25, 0.3) is 0 Å². The van der Waals surface area contributed by atoms with E-state index < -0.39 is 0 Å². The van der Waals surface area contributed by atoms with Crippen molar-refractivity contribution in [2.24, 2.45) is 0 Å². The van der Waals surface area contributed by atoms with E-state index in [4.69, 9.17) is 0 Å². The van der Waals surface area contributed by atoms with E-state index in [2.05, 4.69) is 32.7 Å². The van der Waals surface area contributed by atoms with Crippen molar-refractivity contribution in [3.8, 4) is 0 Å². The first-order valence-electron chi connectivity index (χ1n) is 3.54. The summed E-state index contributed by atoms with van der Waals surface area (Å²) in [5.74, 6) is 2.43. The number of allylic oxidation sites excluding steroid dienone is 1. The zero-order valence-corrected chi connectivity index (χ0v) is 7.41. The molecule has 0 N–H and O–H groups in total. The Kier molecular flexibility index (Phi) is 1.96. The SMILES string of the molecule is CC(C)(C)P1C=CCC1. The highest BCUT2D eigenvalue weighted by Gasteiger charge is 2.22. The molecule has 0 spiro atoms. The van der Waals surface area contributed by atoms with Gasteiger partial charge in [0.05, 0.1) is 0 Å². The highest BCUT2D eigenvalue weighted by Crippen LogP contribution is 2.53. The summed E-state index contributed by atoms with van der Waals surface area (Å²) < 4.78 is 0. The average molecular weight is 142 g/mol. The zero-order chi connectivity index (χ0) is 6.91. The molecule has 1 unspecified atom stereocenters. The minimum atomic E-state index is 0.233. The van der Waals surface area contributed by atoms with Crippen LogP contribution >= 0.6 is 7.92 Å². The van der Waals surface area contributed by atoms with Gasteiger partial charge in [-0.1, -0.05) is 40.6 Å². The van der Waals surface area contributed by atoms with E-state index in [0.717, 1.165) is 0 Å². The average Bonchev–Trinajstić information content (AvgIpc) is 2.08. The second-order valence-electron chi connectivity index (χ2n) is 3.54. The lowest BCUT2D eigenvalue weighted by molar-refractivity contribution is 0.787. The maximum Gasteiger partial charge on any atom is -0.0145 e. The van der Waals surface area contributed by atoms with Crippen LogP contribution in [-0.2, 0) is 0 Å². The van der Waals surface area contributed by atoms with Crippen molar-refractivity contribution in [1.29, 1.82) is 0 Å². The fraction of sp³-hybridized carbons (Fsp3) is 0.750. The Bertz CT molecular complexity index is 119. The molecule has 1 atom stereocenters. The highest BCUT2D eigenvalue weighted by atomic mass is 31.1. The van der Waals surface area contributed by atoms with Crippen LogP contribution in [0.25, 0.3) is 0 Å². The molecule has 52 valence electrons. The summed E-state index contributed by atoms with van der Waals surface area (Å²) in [6.07, 6.45) is 5.08. The van der Waals surface area contributed by atoms with Gasteiger partial charge in [-0.15, -0.1) is 0 Å². The van der Waals surface area contributed by atoms with E-state index in [1.165, 1.54) is 12.6 Å². The van der Waals surface area contributed by atoms with E-state index >= 15 is 0 Å². The molecule has 0 saturated carbocycles. The molecule has 1 rings (SSSR count). The van der Waals surface area contributed by atoms with Crippen molar-refractivity contribution in [3.05, 3.63) is 11.9 Å². The van der Waals surface area contributed by atoms with Gasteiger partial charge in [0.15, 0.2) is 0 Å². The molecular formula is C8H15P. The Labute approximate surface area is 59.1 Å². The number of rotatable bonds is 0. The topological polar surface area (TPSA) is 0 Å². The van der Waals surface area contributed by atoms with Crippen molar-refractivity contribution in [2.75, 3.05) is 6.16 Å². The van der Waals surface area contributed by atoms with Crippen LogP contribution in [0.15, 0.2) is 11.9 Å². The minimum Gasteiger partial charge on any atom is -0.0837 e. The van der Waals surface area contributed by atoms with Crippen LogP contribution in [0.5, 0.6) is 0 Å². The molecular weight excluding hydrogens is 127 g/mol. The monoisotopic (exact) mass is 142 g/mol. The molecule has 1 heteroatoms. The Hall–Kier alpha value is 0.170. The third kappa shape index (κ3) is 1.79. The van der Waals surface area contributed by atoms with Crippen LogP contribution in [0.3, 0.4) is 0 Å². The molecule has 1 heterocycles. The maximum atomic E-state index is 2.43. The Balaban J connectivity index is 2.53. The third-order valence-corrected chi connectivity index (χ3v) is 4.72. The van der Waals surface area contributed by atoms with E-state index in [1.807, 2.05) is 0 Å². The zero-order valence-electron chi connectivity index (χ0n) is 6.52. The van der Waals surface area contributed by atoms with Crippen molar-refractivity contribution in [2.45, 2.75) is 32.3 Å². The minimum absolute atomic E-state index is 0.233. The van der Waals surface area contributed by atoms with Gasteiger partial charge in [-0.05, 0) is 17.7 Å². The van der Waals surface area contributed by atoms with Crippen LogP contribution < -0.4 is 0 Å². The Morgan fingerprint density at radius 1 is 1.33 bits per heavy atom. The predicted octanol–water partition coefficient (Wildman–Crippen LogP) is 3.18. The van der Waals surface area contributed by atoms with E-state index in [9.17, 15) is 0 Å². The van der Waals surface area contributed by atoms with Crippen molar-refractivity contribution < 1.29 is 0 Å². The standard InChI is InChI=1S/C8H15P/c1-8(2,3)9-6-4-5-7-9/h4,6H,5,7H2,1-3H3. The lowest BCUT2D eigenvalue weighted by Crippen LogP contribution is -2.09. The maximum absolute atomic E-state index is 2.43. The molecule has 0 aliphatic carbocycles. The first-order chi connectivity index (χ1) is 4.11. The fourth-order valence-electron chi connectivity index (χ4n) is 1.05. The Morgan fingerprint density at radius 2 is 2.00 bits per heavy atom. The van der Waals surface area contributed by atoms with Gasteiger partial charge in [0.2, 0.25) is 0 Å². The smallest absolute Gasteiger partial charge is 0.0145 e. The molecule has 0 aromatic carbocycles. The number of hydrogen-bond acceptors (Lipinski definition) is 0. The lowest BCUT2D eigenvalue weighted by atomic mass is 10.3. The first-order valence-corrected chi connectivity index (χ1v) is 5.14. The highest BCUT2D eigenvalue weighted by molar-refractivity contribution is 7.62. The molecule has 0 nitrogen and oxygen atoms in total. The second kappa shape index (κ2) is 2.42. The summed E-state index contributed by atoms with van der Waals surface area (Å²) >= 11 is 0. The number of hydrogen-bond donors (Lipinski definition) is 0. The summed E-state index contributed by atoms with van der Waals surface area (Å²) in [6.45, 7) is 7.02. The third-order valence-electron chi connectivity index (χ3n) is 1.68. The molecule has 0 bridgehead atoms. The molecule has 0 amide bonds. The van der Waals surface area contributed by atoms with Crippen LogP contribution in [0.2, 0.25) is 0 Å². The predicted molar refractivity (Wildman–Crippen MR) is 45.3 cm³/mol. The van der Waals surface area contributed by atoms with Crippen molar-refractivity contribution >= 4 is 7.92 Å². The van der Waals surface area contributed by atoms with Gasteiger partial charge < -0.3 is 0 Å². The summed E-state index contributed by atoms with van der Waals surface area (Å²) in [5.41, 5.74) is 0. The molecule has 0 aromatic rings. The lowest BCUT2D eigenvalue weighted by Gasteiger charge is -2.25. The second-order valence-corrected chi connectivity index (χ2v) is 6.56. The van der Waals surface area contributed by atoms with Gasteiger partial charge in [-0.3, -0.25) is 0 Å². The van der Waals surface area contributed by atoms with E-state index in [0.29, 0.717) is 5.16 Å². The largest absolute Gasteiger partial charge is 0.0837 e.